The summed E-state index contributed by atoms with van der Waals surface area (Å²) in [5.41, 5.74) is 10.2. The zero-order valence-electron chi connectivity index (χ0n) is 14.3. The number of guanidine groups is 1. The smallest absolute Gasteiger partial charge is 0.189 e. The Bertz CT molecular complexity index is 702. The highest BCUT2D eigenvalue weighted by Gasteiger charge is 2.15. The average Bonchev–Trinajstić information content (AvgIpc) is 3.21. The number of aromatic nitrogens is 2. The van der Waals surface area contributed by atoms with Crippen molar-refractivity contribution < 1.29 is 4.74 Å². The summed E-state index contributed by atoms with van der Waals surface area (Å²) in [6, 6.07) is 10.1. The van der Waals surface area contributed by atoms with Crippen LogP contribution in [0.4, 0.5) is 0 Å². The summed E-state index contributed by atoms with van der Waals surface area (Å²) in [4.78, 5) is 4.46. The van der Waals surface area contributed by atoms with Gasteiger partial charge in [-0.1, -0.05) is 18.2 Å². The Balaban J connectivity index is 1.66. The molecule has 0 bridgehead atoms. The second kappa shape index (κ2) is 7.49. The lowest BCUT2D eigenvalue weighted by atomic mass is 10.2. The molecular formula is C18H25N5O. The number of ether oxygens (including phenoxy) is 1. The summed E-state index contributed by atoms with van der Waals surface area (Å²) in [6.45, 7) is 6.16. The summed E-state index contributed by atoms with van der Waals surface area (Å²) in [5.74, 6) is 0.455. The normalized spacial score (nSPS) is 18.1. The minimum Gasteiger partial charge on any atom is -0.376 e. The van der Waals surface area contributed by atoms with Crippen LogP contribution in [0.2, 0.25) is 0 Å². The van der Waals surface area contributed by atoms with Crippen LogP contribution in [0.3, 0.4) is 0 Å². The van der Waals surface area contributed by atoms with Crippen LogP contribution in [0.5, 0.6) is 0 Å². The van der Waals surface area contributed by atoms with Gasteiger partial charge in [-0.05, 0) is 38.8 Å². The summed E-state index contributed by atoms with van der Waals surface area (Å²) in [6.07, 6.45) is 2.46. The highest BCUT2D eigenvalue weighted by atomic mass is 16.5. The first-order chi connectivity index (χ1) is 11.6. The SMILES string of the molecule is Cc1nn(-c2ccccc2)c(C)c1CN=C(N)NCC1CCCO1. The Kier molecular flexibility index (Phi) is 5.15. The minimum absolute atomic E-state index is 0.253. The third-order valence-corrected chi connectivity index (χ3v) is 4.38. The zero-order chi connectivity index (χ0) is 16.9. The van der Waals surface area contributed by atoms with E-state index in [0.29, 0.717) is 12.5 Å². The van der Waals surface area contributed by atoms with Crippen molar-refractivity contribution in [3.63, 3.8) is 0 Å². The number of nitrogens with two attached hydrogens (primary N) is 1. The molecule has 0 amide bonds. The zero-order valence-corrected chi connectivity index (χ0v) is 14.3. The predicted molar refractivity (Wildman–Crippen MR) is 95.3 cm³/mol. The van der Waals surface area contributed by atoms with Gasteiger partial charge in [-0.15, -0.1) is 0 Å². The minimum atomic E-state index is 0.253. The molecule has 0 saturated carbocycles. The van der Waals surface area contributed by atoms with Crippen LogP contribution >= 0.6 is 0 Å². The molecule has 0 radical (unpaired) electrons. The summed E-state index contributed by atoms with van der Waals surface area (Å²) in [5, 5.41) is 7.78. The number of nitrogens with zero attached hydrogens (tertiary/aromatic N) is 3. The Morgan fingerprint density at radius 2 is 2.17 bits per heavy atom. The highest BCUT2D eigenvalue weighted by Crippen LogP contribution is 2.18. The Morgan fingerprint density at radius 1 is 1.38 bits per heavy atom. The molecule has 1 saturated heterocycles. The van der Waals surface area contributed by atoms with E-state index in [1.807, 2.05) is 41.9 Å². The van der Waals surface area contributed by atoms with Gasteiger partial charge in [0, 0.05) is 24.4 Å². The first-order valence-electron chi connectivity index (χ1n) is 8.41. The fraction of sp³-hybridized carbons (Fsp3) is 0.444. The van der Waals surface area contributed by atoms with E-state index < -0.39 is 0 Å². The van der Waals surface area contributed by atoms with Crippen LogP contribution in [0, 0.1) is 13.8 Å². The van der Waals surface area contributed by atoms with Gasteiger partial charge in [0.15, 0.2) is 5.96 Å². The number of hydrogen-bond donors (Lipinski definition) is 2. The van der Waals surface area contributed by atoms with E-state index in [9.17, 15) is 0 Å². The molecule has 2 aromatic rings. The van der Waals surface area contributed by atoms with Gasteiger partial charge < -0.3 is 15.8 Å². The number of hydrogen-bond acceptors (Lipinski definition) is 3. The van der Waals surface area contributed by atoms with Gasteiger partial charge in [-0.25, -0.2) is 9.67 Å². The number of aryl methyl sites for hydroxylation is 1. The van der Waals surface area contributed by atoms with Gasteiger partial charge in [-0.2, -0.15) is 5.10 Å². The number of benzene rings is 1. The molecule has 128 valence electrons. The molecule has 1 unspecified atom stereocenters. The summed E-state index contributed by atoms with van der Waals surface area (Å²) < 4.78 is 7.52. The molecule has 3 N–H and O–H groups in total. The molecule has 1 aliphatic rings. The Labute approximate surface area is 142 Å². The molecule has 1 fully saturated rings. The summed E-state index contributed by atoms with van der Waals surface area (Å²) >= 11 is 0. The molecule has 1 aromatic heterocycles. The molecule has 3 rings (SSSR count). The van der Waals surface area contributed by atoms with Crippen LogP contribution in [0.15, 0.2) is 35.3 Å². The first kappa shape index (κ1) is 16.5. The van der Waals surface area contributed by atoms with Gasteiger partial charge in [0.05, 0.1) is 24.0 Å². The number of aliphatic imine (C=N–C) groups is 1. The van der Waals surface area contributed by atoms with Crippen molar-refractivity contribution >= 4 is 5.96 Å². The molecule has 1 aromatic carbocycles. The van der Waals surface area contributed by atoms with Crippen LogP contribution in [0.25, 0.3) is 5.69 Å². The molecular weight excluding hydrogens is 302 g/mol. The third kappa shape index (κ3) is 3.76. The molecule has 0 spiro atoms. The number of para-hydroxylation sites is 1. The van der Waals surface area contributed by atoms with Gasteiger partial charge in [0.25, 0.3) is 0 Å². The largest absolute Gasteiger partial charge is 0.376 e. The van der Waals surface area contributed by atoms with Crippen LogP contribution in [-0.2, 0) is 11.3 Å². The number of nitrogens with one attached hydrogen (secondary N) is 1. The summed E-state index contributed by atoms with van der Waals surface area (Å²) in [7, 11) is 0. The fourth-order valence-corrected chi connectivity index (χ4v) is 2.97. The van der Waals surface area contributed by atoms with Crippen LogP contribution < -0.4 is 11.1 Å². The first-order valence-corrected chi connectivity index (χ1v) is 8.41. The molecule has 6 heteroatoms. The van der Waals surface area contributed by atoms with Gasteiger partial charge >= 0.3 is 0 Å². The molecule has 24 heavy (non-hydrogen) atoms. The molecule has 1 atom stereocenters. The van der Waals surface area contributed by atoms with Crippen molar-refractivity contribution in [3.8, 4) is 5.69 Å². The standard InChI is InChI=1S/C18H25N5O/c1-13-17(12-21-18(19)20-11-16-9-6-10-24-16)14(2)23(22-13)15-7-4-3-5-8-15/h3-5,7-8,16H,6,9-12H2,1-2H3,(H3,19,20,21). The van der Waals surface area contributed by atoms with Crippen molar-refractivity contribution in [2.24, 2.45) is 10.7 Å². The van der Waals surface area contributed by atoms with Crippen molar-refractivity contribution in [1.82, 2.24) is 15.1 Å². The average molecular weight is 327 g/mol. The lowest BCUT2D eigenvalue weighted by molar-refractivity contribution is 0.114. The van der Waals surface area contributed by atoms with E-state index in [4.69, 9.17) is 10.5 Å². The highest BCUT2D eigenvalue weighted by molar-refractivity contribution is 5.77. The lowest BCUT2D eigenvalue weighted by Crippen LogP contribution is -2.37. The van der Waals surface area contributed by atoms with Gasteiger partial charge in [0.1, 0.15) is 0 Å². The fourth-order valence-electron chi connectivity index (χ4n) is 2.97. The van der Waals surface area contributed by atoms with E-state index in [-0.39, 0.29) is 6.10 Å². The van der Waals surface area contributed by atoms with Gasteiger partial charge in [-0.3, -0.25) is 0 Å². The topological polar surface area (TPSA) is 77.5 Å². The van der Waals surface area contributed by atoms with Crippen molar-refractivity contribution in [3.05, 3.63) is 47.3 Å². The lowest BCUT2D eigenvalue weighted by Gasteiger charge is -2.11. The van der Waals surface area contributed by atoms with Gasteiger partial charge in [0.2, 0.25) is 0 Å². The Hall–Kier alpha value is -2.34. The third-order valence-electron chi connectivity index (χ3n) is 4.38. The maximum absolute atomic E-state index is 5.97. The predicted octanol–water partition coefficient (Wildman–Crippen LogP) is 2.07. The van der Waals surface area contributed by atoms with E-state index in [0.717, 1.165) is 48.6 Å². The molecule has 1 aliphatic heterocycles. The second-order valence-corrected chi connectivity index (χ2v) is 6.11. The second-order valence-electron chi connectivity index (χ2n) is 6.11. The van der Waals surface area contributed by atoms with E-state index in [1.165, 1.54) is 0 Å². The van der Waals surface area contributed by atoms with Crippen molar-refractivity contribution in [2.75, 3.05) is 13.2 Å². The van der Waals surface area contributed by atoms with Crippen LogP contribution in [-0.4, -0.2) is 35.0 Å². The molecule has 2 heterocycles. The maximum atomic E-state index is 5.97. The van der Waals surface area contributed by atoms with E-state index in [2.05, 4.69) is 22.3 Å². The Morgan fingerprint density at radius 3 is 2.88 bits per heavy atom. The maximum Gasteiger partial charge on any atom is 0.189 e. The monoisotopic (exact) mass is 327 g/mol. The van der Waals surface area contributed by atoms with E-state index in [1.54, 1.807) is 0 Å². The van der Waals surface area contributed by atoms with Crippen molar-refractivity contribution in [2.45, 2.75) is 39.3 Å². The quantitative estimate of drug-likeness (QED) is 0.651. The number of rotatable bonds is 5. The molecule has 6 nitrogen and oxygen atoms in total. The van der Waals surface area contributed by atoms with Crippen molar-refractivity contribution in [1.29, 1.82) is 0 Å². The van der Waals surface area contributed by atoms with E-state index >= 15 is 0 Å². The molecule has 0 aliphatic carbocycles. The van der Waals surface area contributed by atoms with Crippen LogP contribution in [0.1, 0.15) is 29.8 Å².